The molecule has 0 saturated heterocycles. The second kappa shape index (κ2) is 6.19. The number of nitrogens with zero attached hydrogens (tertiary/aromatic N) is 2. The predicted molar refractivity (Wildman–Crippen MR) is 91.2 cm³/mol. The van der Waals surface area contributed by atoms with E-state index in [1.54, 1.807) is 12.5 Å². The summed E-state index contributed by atoms with van der Waals surface area (Å²) in [7, 11) is 0. The van der Waals surface area contributed by atoms with Gasteiger partial charge in [0.15, 0.2) is 0 Å². The second-order valence-electron chi connectivity index (χ2n) is 7.38. The van der Waals surface area contributed by atoms with Crippen molar-refractivity contribution in [3.63, 3.8) is 0 Å². The zero-order valence-electron chi connectivity index (χ0n) is 14.2. The zero-order chi connectivity index (χ0) is 16.4. The van der Waals surface area contributed by atoms with Crippen LogP contribution in [0.2, 0.25) is 0 Å². The molecular weight excluding hydrogens is 286 g/mol. The number of hydrogen-bond donors (Lipinski definition) is 1. The third-order valence-corrected chi connectivity index (χ3v) is 4.60. The van der Waals surface area contributed by atoms with Crippen LogP contribution in [0.25, 0.3) is 0 Å². The van der Waals surface area contributed by atoms with Crippen LogP contribution in [0.3, 0.4) is 0 Å². The number of nitrogens with one attached hydrogen (secondary N) is 1. The lowest BCUT2D eigenvalue weighted by molar-refractivity contribution is -0.132. The lowest BCUT2D eigenvalue weighted by atomic mass is 9.84. The summed E-state index contributed by atoms with van der Waals surface area (Å²) in [6.07, 6.45) is 5.66. The highest BCUT2D eigenvalue weighted by molar-refractivity contribution is 5.76. The van der Waals surface area contributed by atoms with Crippen LogP contribution >= 0.6 is 0 Å². The summed E-state index contributed by atoms with van der Waals surface area (Å²) in [5.41, 5.74) is 5.19. The van der Waals surface area contributed by atoms with Crippen molar-refractivity contribution in [2.45, 2.75) is 52.0 Å². The molecule has 1 amide bonds. The first-order chi connectivity index (χ1) is 10.9. The maximum absolute atomic E-state index is 12.5. The topological polar surface area (TPSA) is 49.0 Å². The second-order valence-corrected chi connectivity index (χ2v) is 7.38. The van der Waals surface area contributed by atoms with E-state index in [0.717, 1.165) is 31.6 Å². The maximum Gasteiger partial charge on any atom is 0.223 e. The van der Waals surface area contributed by atoms with E-state index in [-0.39, 0.29) is 11.3 Å². The molecule has 0 fully saturated rings. The van der Waals surface area contributed by atoms with Crippen LogP contribution in [-0.2, 0) is 29.6 Å². The fraction of sp³-hybridized carbons (Fsp3) is 0.474. The fourth-order valence-corrected chi connectivity index (χ4v) is 3.06. The highest BCUT2D eigenvalue weighted by atomic mass is 16.2. The highest BCUT2D eigenvalue weighted by Crippen LogP contribution is 2.27. The molecule has 122 valence electrons. The highest BCUT2D eigenvalue weighted by Gasteiger charge is 2.22. The number of imidazole rings is 1. The number of aromatic amines is 1. The van der Waals surface area contributed by atoms with Crippen molar-refractivity contribution in [2.75, 3.05) is 6.54 Å². The van der Waals surface area contributed by atoms with Gasteiger partial charge in [0.05, 0.1) is 6.33 Å². The molecule has 0 saturated carbocycles. The third-order valence-electron chi connectivity index (χ3n) is 4.60. The number of benzene rings is 1. The van der Waals surface area contributed by atoms with E-state index < -0.39 is 0 Å². The molecule has 23 heavy (non-hydrogen) atoms. The number of hydrogen-bond acceptors (Lipinski definition) is 2. The Bertz CT molecular complexity index is 683. The summed E-state index contributed by atoms with van der Waals surface area (Å²) in [5.74, 6) is 0.228. The van der Waals surface area contributed by atoms with Gasteiger partial charge < -0.3 is 9.88 Å². The van der Waals surface area contributed by atoms with Crippen LogP contribution in [0, 0.1) is 0 Å². The van der Waals surface area contributed by atoms with Gasteiger partial charge in [-0.25, -0.2) is 4.98 Å². The number of carbonyl (C=O) groups excluding carboxylic acids is 1. The van der Waals surface area contributed by atoms with Crippen LogP contribution < -0.4 is 0 Å². The normalized spacial score (nSPS) is 14.7. The Kier molecular flexibility index (Phi) is 4.24. The van der Waals surface area contributed by atoms with E-state index in [4.69, 9.17) is 0 Å². The number of carbonyl (C=O) groups is 1. The quantitative estimate of drug-likeness (QED) is 0.946. The summed E-state index contributed by atoms with van der Waals surface area (Å²) in [6, 6.07) is 6.75. The molecule has 1 aliphatic heterocycles. The molecule has 3 rings (SSSR count). The number of aryl methyl sites for hydroxylation is 1. The van der Waals surface area contributed by atoms with Crippen molar-refractivity contribution in [3.05, 3.63) is 53.1 Å². The molecule has 4 heteroatoms. The maximum atomic E-state index is 12.5. The minimum absolute atomic E-state index is 0.141. The van der Waals surface area contributed by atoms with Gasteiger partial charge in [0.25, 0.3) is 0 Å². The molecule has 2 aromatic rings. The summed E-state index contributed by atoms with van der Waals surface area (Å²) >= 11 is 0. The van der Waals surface area contributed by atoms with Gasteiger partial charge in [0, 0.05) is 31.4 Å². The van der Waals surface area contributed by atoms with Gasteiger partial charge in [0.1, 0.15) is 0 Å². The van der Waals surface area contributed by atoms with Crippen molar-refractivity contribution in [1.82, 2.24) is 14.9 Å². The molecular formula is C19H25N3O. The average Bonchev–Trinajstić information content (AvgIpc) is 3.04. The van der Waals surface area contributed by atoms with Crippen LogP contribution in [0.1, 0.15) is 49.6 Å². The molecule has 1 aromatic heterocycles. The van der Waals surface area contributed by atoms with Gasteiger partial charge >= 0.3 is 0 Å². The number of rotatable bonds is 3. The lowest BCUT2D eigenvalue weighted by Crippen LogP contribution is -2.36. The Morgan fingerprint density at radius 2 is 2.13 bits per heavy atom. The predicted octanol–water partition coefficient (Wildman–Crippen LogP) is 3.22. The van der Waals surface area contributed by atoms with Crippen molar-refractivity contribution in [1.29, 1.82) is 0 Å². The molecule has 0 spiro atoms. The number of fused-ring (bicyclic) bond motifs is 1. The molecule has 1 aliphatic rings. The summed E-state index contributed by atoms with van der Waals surface area (Å²) in [4.78, 5) is 21.5. The van der Waals surface area contributed by atoms with Crippen LogP contribution in [0.5, 0.6) is 0 Å². The lowest BCUT2D eigenvalue weighted by Gasteiger charge is -2.30. The van der Waals surface area contributed by atoms with Crippen molar-refractivity contribution in [3.8, 4) is 0 Å². The first-order valence-electron chi connectivity index (χ1n) is 8.31. The molecule has 0 bridgehead atoms. The van der Waals surface area contributed by atoms with Gasteiger partial charge in [-0.2, -0.15) is 0 Å². The first-order valence-corrected chi connectivity index (χ1v) is 8.31. The van der Waals surface area contributed by atoms with E-state index in [1.165, 1.54) is 16.7 Å². The van der Waals surface area contributed by atoms with E-state index in [9.17, 15) is 4.79 Å². The summed E-state index contributed by atoms with van der Waals surface area (Å²) < 4.78 is 0. The van der Waals surface area contributed by atoms with Gasteiger partial charge in [-0.05, 0) is 34.9 Å². The van der Waals surface area contributed by atoms with E-state index in [0.29, 0.717) is 6.42 Å². The Morgan fingerprint density at radius 1 is 1.30 bits per heavy atom. The minimum Gasteiger partial charge on any atom is -0.348 e. The first kappa shape index (κ1) is 15.8. The molecule has 2 heterocycles. The Labute approximate surface area is 137 Å². The van der Waals surface area contributed by atoms with Gasteiger partial charge in [-0.3, -0.25) is 4.79 Å². The van der Waals surface area contributed by atoms with E-state index in [1.807, 2.05) is 4.90 Å². The van der Waals surface area contributed by atoms with Crippen molar-refractivity contribution >= 4 is 5.91 Å². The Hall–Kier alpha value is -2.10. The largest absolute Gasteiger partial charge is 0.348 e. The number of amides is 1. The third kappa shape index (κ3) is 3.63. The van der Waals surface area contributed by atoms with Gasteiger partial charge in [-0.1, -0.05) is 39.0 Å². The minimum atomic E-state index is 0.141. The standard InChI is InChI=1S/C19H25N3O/c1-19(2,3)16-5-4-14-8-9-22(12-15(14)10-16)18(23)7-6-17-11-20-13-21-17/h4-5,10-11,13H,6-9,12H2,1-3H3,(H,20,21). The molecule has 1 aromatic carbocycles. The van der Waals surface area contributed by atoms with Crippen molar-refractivity contribution < 1.29 is 4.79 Å². The van der Waals surface area contributed by atoms with Gasteiger partial charge in [0.2, 0.25) is 5.91 Å². The van der Waals surface area contributed by atoms with Crippen molar-refractivity contribution in [2.24, 2.45) is 0 Å². The molecule has 0 radical (unpaired) electrons. The SMILES string of the molecule is CC(C)(C)c1ccc2c(c1)CN(C(=O)CCc1cnc[nH]1)CC2. The van der Waals surface area contributed by atoms with Crippen LogP contribution in [0.15, 0.2) is 30.7 Å². The zero-order valence-corrected chi connectivity index (χ0v) is 14.2. The van der Waals surface area contributed by atoms with E-state index >= 15 is 0 Å². The number of H-pyrrole nitrogens is 1. The Balaban J connectivity index is 1.67. The van der Waals surface area contributed by atoms with E-state index in [2.05, 4.69) is 48.9 Å². The smallest absolute Gasteiger partial charge is 0.223 e. The fourth-order valence-electron chi connectivity index (χ4n) is 3.06. The van der Waals surface area contributed by atoms with Crippen LogP contribution in [0.4, 0.5) is 0 Å². The Morgan fingerprint density at radius 3 is 2.83 bits per heavy atom. The summed E-state index contributed by atoms with van der Waals surface area (Å²) in [5, 5.41) is 0. The molecule has 0 atom stereocenters. The van der Waals surface area contributed by atoms with Crippen LogP contribution in [-0.4, -0.2) is 27.3 Å². The molecule has 1 N–H and O–H groups in total. The average molecular weight is 311 g/mol. The van der Waals surface area contributed by atoms with Gasteiger partial charge in [-0.15, -0.1) is 0 Å². The monoisotopic (exact) mass is 311 g/mol. The summed E-state index contributed by atoms with van der Waals surface area (Å²) in [6.45, 7) is 8.24. The molecule has 0 aliphatic carbocycles. The number of aromatic nitrogens is 2. The molecule has 4 nitrogen and oxygen atoms in total. The molecule has 0 unspecified atom stereocenters.